The SMILES string of the molecule is COc1ccc(C)c(Nc2c(Cl)nc(C)n(C)c2=O)c1C. The number of aryl methyl sites for hydroxylation is 2. The molecule has 1 N–H and O–H groups in total. The number of methoxy groups -OCH3 is 1. The van der Waals surface area contributed by atoms with Gasteiger partial charge in [-0.3, -0.25) is 9.36 Å². The minimum atomic E-state index is -0.214. The highest BCUT2D eigenvalue weighted by atomic mass is 35.5. The molecular weight excluding hydrogens is 290 g/mol. The molecule has 0 atom stereocenters. The fraction of sp³-hybridized carbons (Fsp3) is 0.333. The van der Waals surface area contributed by atoms with E-state index in [0.717, 1.165) is 22.6 Å². The number of ether oxygens (including phenoxy) is 1. The summed E-state index contributed by atoms with van der Waals surface area (Å²) >= 11 is 6.12. The summed E-state index contributed by atoms with van der Waals surface area (Å²) in [5, 5.41) is 3.28. The Hall–Kier alpha value is -2.01. The van der Waals surface area contributed by atoms with Crippen LogP contribution in [-0.2, 0) is 7.05 Å². The van der Waals surface area contributed by atoms with Crippen LogP contribution < -0.4 is 15.6 Å². The van der Waals surface area contributed by atoms with E-state index in [0.29, 0.717) is 5.82 Å². The van der Waals surface area contributed by atoms with Crippen molar-refractivity contribution >= 4 is 23.0 Å². The van der Waals surface area contributed by atoms with Crippen LogP contribution in [0.25, 0.3) is 0 Å². The van der Waals surface area contributed by atoms with Gasteiger partial charge in [0.2, 0.25) is 0 Å². The van der Waals surface area contributed by atoms with Crippen molar-refractivity contribution in [3.05, 3.63) is 44.6 Å². The van der Waals surface area contributed by atoms with Gasteiger partial charge >= 0.3 is 0 Å². The van der Waals surface area contributed by atoms with Crippen molar-refractivity contribution in [3.8, 4) is 5.75 Å². The Kier molecular flexibility index (Phi) is 4.23. The van der Waals surface area contributed by atoms with Crippen molar-refractivity contribution in [2.45, 2.75) is 20.8 Å². The molecule has 1 aromatic heterocycles. The molecule has 21 heavy (non-hydrogen) atoms. The van der Waals surface area contributed by atoms with E-state index < -0.39 is 0 Å². The number of aromatic nitrogens is 2. The number of halogens is 1. The Morgan fingerprint density at radius 3 is 2.52 bits per heavy atom. The van der Waals surface area contributed by atoms with Gasteiger partial charge in [0, 0.05) is 18.3 Å². The van der Waals surface area contributed by atoms with Gasteiger partial charge in [0.15, 0.2) is 5.15 Å². The van der Waals surface area contributed by atoms with Crippen LogP contribution in [0.4, 0.5) is 11.4 Å². The molecule has 0 fully saturated rings. The molecule has 2 aromatic rings. The molecule has 0 aliphatic heterocycles. The molecule has 0 spiro atoms. The third kappa shape index (κ3) is 2.74. The molecule has 2 rings (SSSR count). The smallest absolute Gasteiger partial charge is 0.278 e. The zero-order chi connectivity index (χ0) is 15.7. The highest BCUT2D eigenvalue weighted by molar-refractivity contribution is 6.32. The molecule has 112 valence electrons. The Labute approximate surface area is 128 Å². The van der Waals surface area contributed by atoms with E-state index in [-0.39, 0.29) is 16.4 Å². The van der Waals surface area contributed by atoms with Crippen molar-refractivity contribution in [2.75, 3.05) is 12.4 Å². The van der Waals surface area contributed by atoms with Gasteiger partial charge in [0.25, 0.3) is 5.56 Å². The maximum atomic E-state index is 12.3. The van der Waals surface area contributed by atoms with Crippen LogP contribution in [-0.4, -0.2) is 16.7 Å². The monoisotopic (exact) mass is 307 g/mol. The van der Waals surface area contributed by atoms with Gasteiger partial charge in [-0.25, -0.2) is 4.98 Å². The summed E-state index contributed by atoms with van der Waals surface area (Å²) in [6.07, 6.45) is 0. The van der Waals surface area contributed by atoms with Gasteiger partial charge in [-0.2, -0.15) is 0 Å². The summed E-state index contributed by atoms with van der Waals surface area (Å²) in [4.78, 5) is 16.5. The third-order valence-corrected chi connectivity index (χ3v) is 3.84. The van der Waals surface area contributed by atoms with Gasteiger partial charge < -0.3 is 10.1 Å². The molecule has 1 aromatic carbocycles. The molecule has 5 nitrogen and oxygen atoms in total. The molecule has 0 radical (unpaired) electrons. The van der Waals surface area contributed by atoms with Crippen LogP contribution >= 0.6 is 11.6 Å². The lowest BCUT2D eigenvalue weighted by atomic mass is 10.1. The number of hydrogen-bond acceptors (Lipinski definition) is 4. The lowest BCUT2D eigenvalue weighted by Crippen LogP contribution is -2.24. The Morgan fingerprint density at radius 2 is 1.90 bits per heavy atom. The quantitative estimate of drug-likeness (QED) is 0.885. The van der Waals surface area contributed by atoms with Crippen molar-refractivity contribution in [3.63, 3.8) is 0 Å². The second-order valence-corrected chi connectivity index (χ2v) is 5.26. The molecular formula is C15H18ClN3O2. The average Bonchev–Trinajstić information content (AvgIpc) is 2.44. The second kappa shape index (κ2) is 5.77. The van der Waals surface area contributed by atoms with Gasteiger partial charge in [-0.15, -0.1) is 0 Å². The molecule has 0 aliphatic carbocycles. The van der Waals surface area contributed by atoms with E-state index in [1.807, 2.05) is 26.0 Å². The fourth-order valence-electron chi connectivity index (χ4n) is 2.15. The molecule has 0 aliphatic rings. The van der Waals surface area contributed by atoms with Gasteiger partial charge in [-0.1, -0.05) is 17.7 Å². The summed E-state index contributed by atoms with van der Waals surface area (Å²) < 4.78 is 6.77. The number of nitrogens with one attached hydrogen (secondary N) is 1. The number of rotatable bonds is 3. The van der Waals surface area contributed by atoms with E-state index in [1.54, 1.807) is 21.1 Å². The summed E-state index contributed by atoms with van der Waals surface area (Å²) in [7, 11) is 3.28. The standard InChI is InChI=1S/C15H18ClN3O2/c1-8-6-7-11(21-5)9(2)12(8)18-13-14(16)17-10(3)19(4)15(13)20/h6-7,18H,1-5H3. The topological polar surface area (TPSA) is 56.1 Å². The first kappa shape index (κ1) is 15.4. The van der Waals surface area contributed by atoms with Gasteiger partial charge in [-0.05, 0) is 32.4 Å². The summed E-state index contributed by atoms with van der Waals surface area (Å²) in [5.41, 5.74) is 2.76. The van der Waals surface area contributed by atoms with Crippen LogP contribution in [0.1, 0.15) is 17.0 Å². The molecule has 0 saturated heterocycles. The van der Waals surface area contributed by atoms with E-state index in [1.165, 1.54) is 4.57 Å². The largest absolute Gasteiger partial charge is 0.496 e. The maximum Gasteiger partial charge on any atom is 0.278 e. The Morgan fingerprint density at radius 1 is 1.24 bits per heavy atom. The molecule has 0 amide bonds. The van der Waals surface area contributed by atoms with E-state index >= 15 is 0 Å². The van der Waals surface area contributed by atoms with Crippen LogP contribution in [0, 0.1) is 20.8 Å². The first-order valence-electron chi connectivity index (χ1n) is 6.51. The van der Waals surface area contributed by atoms with Crippen molar-refractivity contribution in [1.29, 1.82) is 0 Å². The van der Waals surface area contributed by atoms with Crippen LogP contribution in [0.5, 0.6) is 5.75 Å². The summed E-state index contributed by atoms with van der Waals surface area (Å²) in [6.45, 7) is 5.61. The van der Waals surface area contributed by atoms with E-state index in [4.69, 9.17) is 16.3 Å². The van der Waals surface area contributed by atoms with Crippen molar-refractivity contribution < 1.29 is 4.74 Å². The van der Waals surface area contributed by atoms with E-state index in [9.17, 15) is 4.79 Å². The predicted octanol–water partition coefficient (Wildman–Crippen LogP) is 3.11. The van der Waals surface area contributed by atoms with Gasteiger partial charge in [0.1, 0.15) is 17.3 Å². The molecule has 0 unspecified atom stereocenters. The second-order valence-electron chi connectivity index (χ2n) is 4.90. The average molecular weight is 308 g/mol. The van der Waals surface area contributed by atoms with Crippen molar-refractivity contribution in [2.24, 2.45) is 7.05 Å². The molecule has 0 saturated carbocycles. The molecule has 6 heteroatoms. The Bertz CT molecular complexity index is 754. The normalized spacial score (nSPS) is 10.6. The third-order valence-electron chi connectivity index (χ3n) is 3.56. The molecule has 0 bridgehead atoms. The highest BCUT2D eigenvalue weighted by Gasteiger charge is 2.15. The minimum Gasteiger partial charge on any atom is -0.496 e. The maximum absolute atomic E-state index is 12.3. The number of nitrogens with zero attached hydrogens (tertiary/aromatic N) is 2. The van der Waals surface area contributed by atoms with E-state index in [2.05, 4.69) is 10.3 Å². The fourth-order valence-corrected chi connectivity index (χ4v) is 2.40. The number of hydrogen-bond donors (Lipinski definition) is 1. The molecule has 1 heterocycles. The van der Waals surface area contributed by atoms with Crippen LogP contribution in [0.3, 0.4) is 0 Å². The first-order valence-corrected chi connectivity index (χ1v) is 6.89. The van der Waals surface area contributed by atoms with Gasteiger partial charge in [0.05, 0.1) is 7.11 Å². The highest BCUT2D eigenvalue weighted by Crippen LogP contribution is 2.31. The zero-order valence-electron chi connectivity index (χ0n) is 12.7. The van der Waals surface area contributed by atoms with Crippen LogP contribution in [0.2, 0.25) is 5.15 Å². The number of benzene rings is 1. The first-order chi connectivity index (χ1) is 9.86. The van der Waals surface area contributed by atoms with Crippen molar-refractivity contribution in [1.82, 2.24) is 9.55 Å². The predicted molar refractivity (Wildman–Crippen MR) is 85.0 cm³/mol. The summed E-state index contributed by atoms with van der Waals surface area (Å²) in [6, 6.07) is 3.82. The number of anilines is 2. The van der Waals surface area contributed by atoms with Crippen LogP contribution in [0.15, 0.2) is 16.9 Å². The Balaban J connectivity index is 2.59. The lowest BCUT2D eigenvalue weighted by molar-refractivity contribution is 0.412. The zero-order valence-corrected chi connectivity index (χ0v) is 13.5. The summed E-state index contributed by atoms with van der Waals surface area (Å²) in [5.74, 6) is 1.31. The lowest BCUT2D eigenvalue weighted by Gasteiger charge is -2.16. The minimum absolute atomic E-state index is 0.164.